The van der Waals surface area contributed by atoms with Crippen molar-refractivity contribution in [1.82, 2.24) is 4.90 Å². The second kappa shape index (κ2) is 5.25. The molecule has 2 N–H and O–H groups in total. The van der Waals surface area contributed by atoms with Gasteiger partial charge in [0.2, 0.25) is 0 Å². The number of methoxy groups -OCH3 is 1. The van der Waals surface area contributed by atoms with Gasteiger partial charge in [-0.3, -0.25) is 4.90 Å². The summed E-state index contributed by atoms with van der Waals surface area (Å²) in [6, 6.07) is 0.743. The predicted molar refractivity (Wildman–Crippen MR) is 71.0 cm³/mol. The van der Waals surface area contributed by atoms with Gasteiger partial charge in [-0.25, -0.2) is 0 Å². The van der Waals surface area contributed by atoms with Crippen LogP contribution < -0.4 is 5.73 Å². The van der Waals surface area contributed by atoms with Gasteiger partial charge in [0.15, 0.2) is 0 Å². The molecular formula is C14H28N2O. The summed E-state index contributed by atoms with van der Waals surface area (Å²) in [5, 5.41) is 0. The molecule has 2 saturated carbocycles. The fourth-order valence-corrected chi connectivity index (χ4v) is 3.57. The molecule has 0 amide bonds. The molecule has 2 fully saturated rings. The van der Waals surface area contributed by atoms with Crippen molar-refractivity contribution in [3.63, 3.8) is 0 Å². The monoisotopic (exact) mass is 240 g/mol. The largest absolute Gasteiger partial charge is 0.381 e. The lowest BCUT2D eigenvalue weighted by atomic mass is 9.71. The molecular weight excluding hydrogens is 212 g/mol. The second-order valence-electron chi connectivity index (χ2n) is 6.22. The SMILES string of the molecule is COC1CC(CN)(N(C)C2CCC(C)CC2)C1. The summed E-state index contributed by atoms with van der Waals surface area (Å²) in [6.45, 7) is 3.15. The highest BCUT2D eigenvalue weighted by Gasteiger charge is 2.48. The maximum atomic E-state index is 6.02. The van der Waals surface area contributed by atoms with Crippen LogP contribution in [0.5, 0.6) is 0 Å². The Hall–Kier alpha value is -0.120. The zero-order valence-corrected chi connectivity index (χ0v) is 11.6. The first kappa shape index (κ1) is 13.3. The number of nitrogens with zero attached hydrogens (tertiary/aromatic N) is 1. The van der Waals surface area contributed by atoms with E-state index in [0.717, 1.165) is 31.3 Å². The van der Waals surface area contributed by atoms with Crippen molar-refractivity contribution in [1.29, 1.82) is 0 Å². The van der Waals surface area contributed by atoms with E-state index < -0.39 is 0 Å². The van der Waals surface area contributed by atoms with Crippen LogP contribution in [0.4, 0.5) is 0 Å². The number of rotatable bonds is 4. The number of hydrogen-bond acceptors (Lipinski definition) is 3. The molecule has 3 nitrogen and oxygen atoms in total. The maximum Gasteiger partial charge on any atom is 0.0607 e. The topological polar surface area (TPSA) is 38.5 Å². The second-order valence-corrected chi connectivity index (χ2v) is 6.22. The lowest BCUT2D eigenvalue weighted by Gasteiger charge is -2.55. The predicted octanol–water partition coefficient (Wildman–Crippen LogP) is 2.00. The highest BCUT2D eigenvalue weighted by atomic mass is 16.5. The Balaban J connectivity index is 1.92. The van der Waals surface area contributed by atoms with Crippen LogP contribution >= 0.6 is 0 Å². The van der Waals surface area contributed by atoms with Crippen LogP contribution in [0.15, 0.2) is 0 Å². The van der Waals surface area contributed by atoms with Crippen LogP contribution in [0, 0.1) is 5.92 Å². The Labute approximate surface area is 106 Å². The molecule has 0 spiro atoms. The lowest BCUT2D eigenvalue weighted by molar-refractivity contribution is -0.0970. The average Bonchev–Trinajstić information content (AvgIpc) is 2.29. The highest BCUT2D eigenvalue weighted by molar-refractivity contribution is 5.05. The third-order valence-electron chi connectivity index (χ3n) is 5.21. The van der Waals surface area contributed by atoms with E-state index >= 15 is 0 Å². The third kappa shape index (κ3) is 2.51. The zero-order chi connectivity index (χ0) is 12.5. The number of likely N-dealkylation sites (N-methyl/N-ethyl adjacent to an activating group) is 1. The Morgan fingerprint density at radius 2 is 1.82 bits per heavy atom. The minimum absolute atomic E-state index is 0.228. The third-order valence-corrected chi connectivity index (χ3v) is 5.21. The Morgan fingerprint density at radius 1 is 1.24 bits per heavy atom. The van der Waals surface area contributed by atoms with E-state index in [1.807, 2.05) is 7.11 Å². The van der Waals surface area contributed by atoms with Crippen molar-refractivity contribution in [3.8, 4) is 0 Å². The minimum atomic E-state index is 0.228. The van der Waals surface area contributed by atoms with Gasteiger partial charge >= 0.3 is 0 Å². The van der Waals surface area contributed by atoms with Crippen molar-refractivity contribution in [2.45, 2.75) is 63.1 Å². The average molecular weight is 240 g/mol. The van der Waals surface area contributed by atoms with E-state index in [1.54, 1.807) is 0 Å². The van der Waals surface area contributed by atoms with Crippen LogP contribution in [0.25, 0.3) is 0 Å². The summed E-state index contributed by atoms with van der Waals surface area (Å²) in [5.41, 5.74) is 6.25. The summed E-state index contributed by atoms with van der Waals surface area (Å²) in [4.78, 5) is 2.58. The van der Waals surface area contributed by atoms with Crippen LogP contribution in [0.2, 0.25) is 0 Å². The molecule has 17 heavy (non-hydrogen) atoms. The van der Waals surface area contributed by atoms with Crippen molar-refractivity contribution in [2.24, 2.45) is 11.7 Å². The summed E-state index contributed by atoms with van der Waals surface area (Å²) in [6.07, 6.45) is 8.11. The van der Waals surface area contributed by atoms with Gasteiger partial charge in [0.25, 0.3) is 0 Å². The Morgan fingerprint density at radius 3 is 2.29 bits per heavy atom. The van der Waals surface area contributed by atoms with Gasteiger partial charge in [0, 0.05) is 25.2 Å². The number of ether oxygens (including phenoxy) is 1. The number of hydrogen-bond donors (Lipinski definition) is 1. The highest BCUT2D eigenvalue weighted by Crippen LogP contribution is 2.41. The molecule has 0 saturated heterocycles. The molecule has 2 aliphatic carbocycles. The van der Waals surface area contributed by atoms with Gasteiger partial charge in [0.05, 0.1) is 6.10 Å². The lowest BCUT2D eigenvalue weighted by Crippen LogP contribution is -2.65. The minimum Gasteiger partial charge on any atom is -0.381 e. The maximum absolute atomic E-state index is 6.02. The van der Waals surface area contributed by atoms with Gasteiger partial charge in [0.1, 0.15) is 0 Å². The molecule has 0 heterocycles. The molecule has 0 aromatic carbocycles. The molecule has 0 atom stereocenters. The van der Waals surface area contributed by atoms with E-state index in [4.69, 9.17) is 10.5 Å². The summed E-state index contributed by atoms with van der Waals surface area (Å²) >= 11 is 0. The van der Waals surface area contributed by atoms with Crippen LogP contribution in [0.1, 0.15) is 45.4 Å². The smallest absolute Gasteiger partial charge is 0.0607 e. The van der Waals surface area contributed by atoms with Crippen molar-refractivity contribution >= 4 is 0 Å². The molecule has 0 aromatic heterocycles. The fourth-order valence-electron chi connectivity index (χ4n) is 3.57. The van der Waals surface area contributed by atoms with Crippen LogP contribution in [0.3, 0.4) is 0 Å². The van der Waals surface area contributed by atoms with E-state index in [9.17, 15) is 0 Å². The van der Waals surface area contributed by atoms with Crippen LogP contribution in [-0.4, -0.2) is 43.3 Å². The van der Waals surface area contributed by atoms with E-state index in [0.29, 0.717) is 6.10 Å². The fraction of sp³-hybridized carbons (Fsp3) is 1.00. The molecule has 0 unspecified atom stereocenters. The van der Waals surface area contributed by atoms with Gasteiger partial charge in [-0.1, -0.05) is 6.92 Å². The molecule has 2 aliphatic rings. The van der Waals surface area contributed by atoms with E-state index in [2.05, 4.69) is 18.9 Å². The molecule has 0 radical (unpaired) electrons. The standard InChI is InChI=1S/C14H28N2O/c1-11-4-6-12(7-5-11)16(2)14(10-15)8-13(9-14)17-3/h11-13H,4-10,15H2,1-3H3. The van der Waals surface area contributed by atoms with Gasteiger partial charge in [-0.15, -0.1) is 0 Å². The zero-order valence-electron chi connectivity index (χ0n) is 11.6. The Kier molecular flexibility index (Phi) is 4.11. The van der Waals surface area contributed by atoms with Crippen LogP contribution in [-0.2, 0) is 4.74 Å². The first-order valence-corrected chi connectivity index (χ1v) is 7.07. The molecule has 3 heteroatoms. The van der Waals surface area contributed by atoms with Gasteiger partial charge in [-0.2, -0.15) is 0 Å². The molecule has 100 valence electrons. The first-order valence-electron chi connectivity index (χ1n) is 7.07. The normalized spacial score (nSPS) is 42.5. The van der Waals surface area contributed by atoms with E-state index in [1.165, 1.54) is 25.7 Å². The number of nitrogens with two attached hydrogens (primary N) is 1. The van der Waals surface area contributed by atoms with Gasteiger partial charge < -0.3 is 10.5 Å². The molecule has 0 bridgehead atoms. The van der Waals surface area contributed by atoms with Crippen molar-refractivity contribution in [2.75, 3.05) is 20.7 Å². The van der Waals surface area contributed by atoms with Gasteiger partial charge in [-0.05, 0) is 51.5 Å². The molecule has 0 aliphatic heterocycles. The molecule has 2 rings (SSSR count). The first-order chi connectivity index (χ1) is 8.11. The van der Waals surface area contributed by atoms with E-state index in [-0.39, 0.29) is 5.54 Å². The summed E-state index contributed by atoms with van der Waals surface area (Å²) < 4.78 is 5.42. The summed E-state index contributed by atoms with van der Waals surface area (Å²) in [5.74, 6) is 0.918. The molecule has 0 aromatic rings. The quantitative estimate of drug-likeness (QED) is 0.817. The van der Waals surface area contributed by atoms with Crippen molar-refractivity contribution < 1.29 is 4.74 Å². The Bertz CT molecular complexity index is 243. The summed E-state index contributed by atoms with van der Waals surface area (Å²) in [7, 11) is 4.09. The van der Waals surface area contributed by atoms with Crippen molar-refractivity contribution in [3.05, 3.63) is 0 Å².